The van der Waals surface area contributed by atoms with E-state index in [4.69, 9.17) is 9.15 Å². The van der Waals surface area contributed by atoms with Crippen LogP contribution in [-0.2, 0) is 0 Å². The highest BCUT2D eigenvalue weighted by Crippen LogP contribution is 2.21. The van der Waals surface area contributed by atoms with Crippen LogP contribution in [0.1, 0.15) is 6.42 Å². The van der Waals surface area contributed by atoms with E-state index in [9.17, 15) is 0 Å². The lowest BCUT2D eigenvalue weighted by Gasteiger charge is -2.06. The first kappa shape index (κ1) is 8.73. The van der Waals surface area contributed by atoms with Gasteiger partial charge in [0, 0.05) is 6.54 Å². The van der Waals surface area contributed by atoms with E-state index in [1.165, 1.54) is 0 Å². The molecule has 0 amide bonds. The lowest BCUT2D eigenvalue weighted by Crippen LogP contribution is -2.19. The Morgan fingerprint density at radius 1 is 1.40 bits per heavy atom. The van der Waals surface area contributed by atoms with Gasteiger partial charge >= 0.3 is 6.08 Å². The molecule has 0 unspecified atom stereocenters. The summed E-state index contributed by atoms with van der Waals surface area (Å²) in [7, 11) is 0. The summed E-state index contributed by atoms with van der Waals surface area (Å²) in [6, 6.07) is 7.67. The van der Waals surface area contributed by atoms with E-state index < -0.39 is 0 Å². The van der Waals surface area contributed by atoms with E-state index in [1.54, 1.807) is 0 Å². The van der Waals surface area contributed by atoms with Crippen molar-refractivity contribution in [1.29, 1.82) is 0 Å². The van der Waals surface area contributed by atoms with E-state index in [2.05, 4.69) is 10.3 Å². The van der Waals surface area contributed by atoms with Crippen molar-refractivity contribution in [3.63, 3.8) is 0 Å². The van der Waals surface area contributed by atoms with Crippen LogP contribution in [0.2, 0.25) is 0 Å². The number of fused-ring (bicyclic) bond motifs is 1. The fraction of sp³-hybridized carbons (Fsp3) is 0.364. The molecular formula is C11H12N2O2. The summed E-state index contributed by atoms with van der Waals surface area (Å²) in [6.07, 6.45) is 1.58. The quantitative estimate of drug-likeness (QED) is 0.806. The van der Waals surface area contributed by atoms with Crippen LogP contribution in [0.4, 0.5) is 0 Å². The molecule has 0 aliphatic carbocycles. The zero-order valence-electron chi connectivity index (χ0n) is 8.27. The van der Waals surface area contributed by atoms with Crippen molar-refractivity contribution in [2.24, 2.45) is 0 Å². The average molecular weight is 204 g/mol. The highest BCUT2D eigenvalue weighted by atomic mass is 16.6. The summed E-state index contributed by atoms with van der Waals surface area (Å²) >= 11 is 0. The van der Waals surface area contributed by atoms with E-state index in [0.717, 1.165) is 30.6 Å². The standard InChI is InChI=1S/C11H12N2O2/c1-2-4-10-9(3-1)13-11(15-10)14-8-5-6-12-7-8/h1-4,8,12H,5-7H2/t8-/m1/s1. The molecular weight excluding hydrogens is 192 g/mol. The summed E-state index contributed by atoms with van der Waals surface area (Å²) in [4.78, 5) is 4.26. The van der Waals surface area contributed by atoms with Gasteiger partial charge in [-0.05, 0) is 25.1 Å². The second kappa shape index (κ2) is 3.55. The van der Waals surface area contributed by atoms with Crippen molar-refractivity contribution < 1.29 is 9.15 Å². The molecule has 1 atom stereocenters. The first-order chi connectivity index (χ1) is 7.42. The number of ether oxygens (including phenoxy) is 1. The second-order valence-electron chi connectivity index (χ2n) is 3.68. The highest BCUT2D eigenvalue weighted by Gasteiger charge is 2.18. The van der Waals surface area contributed by atoms with Crippen LogP contribution in [0.25, 0.3) is 11.1 Å². The Morgan fingerprint density at radius 3 is 3.13 bits per heavy atom. The van der Waals surface area contributed by atoms with Gasteiger partial charge in [-0.3, -0.25) is 0 Å². The zero-order chi connectivity index (χ0) is 10.1. The van der Waals surface area contributed by atoms with Gasteiger partial charge in [-0.1, -0.05) is 12.1 Å². The molecule has 2 heterocycles. The molecule has 1 aliphatic rings. The van der Waals surface area contributed by atoms with Crippen molar-refractivity contribution in [1.82, 2.24) is 10.3 Å². The van der Waals surface area contributed by atoms with Gasteiger partial charge in [-0.15, -0.1) is 0 Å². The normalized spacial score (nSPS) is 20.9. The molecule has 15 heavy (non-hydrogen) atoms. The number of benzene rings is 1. The van der Waals surface area contributed by atoms with Gasteiger partial charge in [-0.2, -0.15) is 4.98 Å². The number of rotatable bonds is 2. The largest absolute Gasteiger partial charge is 0.445 e. The summed E-state index contributed by atoms with van der Waals surface area (Å²) in [5.74, 6) is 0. The Labute approximate surface area is 87.2 Å². The van der Waals surface area contributed by atoms with Crippen molar-refractivity contribution in [3.05, 3.63) is 24.3 Å². The zero-order valence-corrected chi connectivity index (χ0v) is 8.27. The van der Waals surface area contributed by atoms with Crippen LogP contribution in [0.15, 0.2) is 28.7 Å². The van der Waals surface area contributed by atoms with Crippen LogP contribution >= 0.6 is 0 Å². The predicted molar refractivity (Wildman–Crippen MR) is 55.9 cm³/mol. The lowest BCUT2D eigenvalue weighted by atomic mass is 10.3. The highest BCUT2D eigenvalue weighted by molar-refractivity contribution is 5.72. The third-order valence-corrected chi connectivity index (χ3v) is 2.56. The summed E-state index contributed by atoms with van der Waals surface area (Å²) in [5, 5.41) is 3.23. The van der Waals surface area contributed by atoms with Gasteiger partial charge in [0.2, 0.25) is 0 Å². The Morgan fingerprint density at radius 2 is 2.33 bits per heavy atom. The van der Waals surface area contributed by atoms with Crippen molar-refractivity contribution in [2.75, 3.05) is 13.1 Å². The van der Waals surface area contributed by atoms with Crippen molar-refractivity contribution in [2.45, 2.75) is 12.5 Å². The first-order valence-corrected chi connectivity index (χ1v) is 5.15. The Balaban J connectivity index is 1.84. The number of para-hydroxylation sites is 2. The second-order valence-corrected chi connectivity index (χ2v) is 3.68. The molecule has 0 spiro atoms. The molecule has 4 heteroatoms. The topological polar surface area (TPSA) is 47.3 Å². The first-order valence-electron chi connectivity index (χ1n) is 5.15. The Kier molecular flexibility index (Phi) is 2.07. The van der Waals surface area contributed by atoms with Crippen molar-refractivity contribution >= 4 is 11.1 Å². The fourth-order valence-electron chi connectivity index (χ4n) is 1.77. The summed E-state index contributed by atoms with van der Waals surface area (Å²) in [6.45, 7) is 1.88. The van der Waals surface area contributed by atoms with Crippen molar-refractivity contribution in [3.8, 4) is 6.08 Å². The van der Waals surface area contributed by atoms with Gasteiger partial charge in [0.15, 0.2) is 5.58 Å². The summed E-state index contributed by atoms with van der Waals surface area (Å²) < 4.78 is 11.1. The summed E-state index contributed by atoms with van der Waals surface area (Å²) in [5.41, 5.74) is 1.62. The number of oxazole rings is 1. The number of aromatic nitrogens is 1. The Bertz CT molecular complexity index is 427. The molecule has 1 aliphatic heterocycles. The lowest BCUT2D eigenvalue weighted by molar-refractivity contribution is 0.166. The fourth-order valence-corrected chi connectivity index (χ4v) is 1.77. The maximum absolute atomic E-state index is 5.62. The number of hydrogen-bond acceptors (Lipinski definition) is 4. The van der Waals surface area contributed by atoms with Gasteiger partial charge in [0.25, 0.3) is 0 Å². The minimum absolute atomic E-state index is 0.193. The van der Waals surface area contributed by atoms with Crippen LogP contribution in [0, 0.1) is 0 Å². The molecule has 1 fully saturated rings. The number of hydrogen-bond donors (Lipinski definition) is 1. The SMILES string of the molecule is c1ccc2oc(O[C@@H]3CCNC3)nc2c1. The van der Waals surface area contributed by atoms with Crippen LogP contribution in [0.3, 0.4) is 0 Å². The van der Waals surface area contributed by atoms with Gasteiger partial charge in [-0.25, -0.2) is 0 Å². The van der Waals surface area contributed by atoms with E-state index in [0.29, 0.717) is 6.08 Å². The molecule has 1 aromatic heterocycles. The molecule has 0 saturated carbocycles. The van der Waals surface area contributed by atoms with E-state index in [-0.39, 0.29) is 6.10 Å². The average Bonchev–Trinajstić information content (AvgIpc) is 2.86. The molecule has 0 bridgehead atoms. The van der Waals surface area contributed by atoms with Crippen LogP contribution in [0.5, 0.6) is 6.08 Å². The monoisotopic (exact) mass is 204 g/mol. The van der Waals surface area contributed by atoms with Gasteiger partial charge < -0.3 is 14.5 Å². The minimum atomic E-state index is 0.193. The smallest absolute Gasteiger partial charge is 0.394 e. The molecule has 0 radical (unpaired) electrons. The molecule has 4 nitrogen and oxygen atoms in total. The molecule has 1 N–H and O–H groups in total. The van der Waals surface area contributed by atoms with E-state index >= 15 is 0 Å². The van der Waals surface area contributed by atoms with Crippen LogP contribution in [-0.4, -0.2) is 24.2 Å². The number of nitrogens with one attached hydrogen (secondary N) is 1. The predicted octanol–water partition coefficient (Wildman–Crippen LogP) is 1.57. The van der Waals surface area contributed by atoms with Gasteiger partial charge in [0.05, 0.1) is 0 Å². The molecule has 1 aromatic carbocycles. The molecule has 78 valence electrons. The third-order valence-electron chi connectivity index (χ3n) is 2.56. The maximum atomic E-state index is 5.62. The Hall–Kier alpha value is -1.55. The third kappa shape index (κ3) is 1.68. The van der Waals surface area contributed by atoms with Crippen LogP contribution < -0.4 is 10.1 Å². The minimum Gasteiger partial charge on any atom is -0.445 e. The maximum Gasteiger partial charge on any atom is 0.394 e. The van der Waals surface area contributed by atoms with Gasteiger partial charge in [0.1, 0.15) is 11.6 Å². The molecule has 2 aromatic rings. The molecule has 3 rings (SSSR count). The number of nitrogens with zero attached hydrogens (tertiary/aromatic N) is 1. The molecule has 1 saturated heterocycles. The van der Waals surface area contributed by atoms with E-state index in [1.807, 2.05) is 24.3 Å².